The Morgan fingerprint density at radius 3 is 1.12 bits per heavy atom. The summed E-state index contributed by atoms with van der Waals surface area (Å²) in [6.45, 7) is 0. The molecular weight excluding hydrogens is 854 g/mol. The van der Waals surface area contributed by atoms with Crippen LogP contribution in [0.15, 0.2) is 127 Å². The molecule has 0 aliphatic carbocycles. The number of nitrogens with zero attached hydrogens (tertiary/aromatic N) is 6. The molecule has 0 saturated heterocycles. The van der Waals surface area contributed by atoms with Gasteiger partial charge in [0.1, 0.15) is 55.5 Å². The van der Waals surface area contributed by atoms with Crippen molar-refractivity contribution in [1.82, 2.24) is 0 Å². The summed E-state index contributed by atoms with van der Waals surface area (Å²) < 4.78 is 65.2. The van der Waals surface area contributed by atoms with Crippen molar-refractivity contribution in [3.63, 3.8) is 0 Å². The minimum absolute atomic E-state index is 0. The Bertz CT molecular complexity index is 2630. The molecule has 0 aliphatic heterocycles. The van der Waals surface area contributed by atoms with Crippen LogP contribution in [0, 0.1) is 20.2 Å². The predicted molar refractivity (Wildman–Crippen MR) is 190 cm³/mol. The van der Waals surface area contributed by atoms with E-state index in [0.717, 1.165) is 36.4 Å². The van der Waals surface area contributed by atoms with Gasteiger partial charge in [-0.1, -0.05) is 24.3 Å². The summed E-state index contributed by atoms with van der Waals surface area (Å²) in [5, 5.41) is 76.6. The number of azo groups is 2. The van der Waals surface area contributed by atoms with Crippen molar-refractivity contribution in [1.29, 1.82) is 0 Å². The zero-order valence-corrected chi connectivity index (χ0v) is 36.0. The Morgan fingerprint density at radius 2 is 0.825 bits per heavy atom. The quantitative estimate of drug-likeness (QED) is 0.0417. The van der Waals surface area contributed by atoms with Gasteiger partial charge in [-0.3, -0.25) is 29.3 Å². The largest absolute Gasteiger partial charge is 1.00 e. The van der Waals surface area contributed by atoms with Crippen molar-refractivity contribution in [2.75, 3.05) is 0 Å². The average molecular weight is 878 g/mol. The molecule has 0 unspecified atom stereocenters. The number of phenols is 4. The topological polar surface area (TPSA) is 325 Å². The van der Waals surface area contributed by atoms with Gasteiger partial charge in [-0.15, -0.1) is 20.5 Å². The van der Waals surface area contributed by atoms with Crippen LogP contribution in [0.5, 0.6) is 23.0 Å². The maximum atomic E-state index is 11.6. The van der Waals surface area contributed by atoms with E-state index >= 15 is 0 Å². The van der Waals surface area contributed by atoms with Crippen molar-refractivity contribution in [2.24, 2.45) is 20.5 Å². The molecule has 0 amide bonds. The molecule has 0 aliphatic rings. The van der Waals surface area contributed by atoms with Gasteiger partial charge < -0.3 is 20.4 Å². The standard InChI is InChI=1S/2C16H11N3O7S.Cr.2Na/c2*20-13-4-2-1-3-12(13)17-18-16-10-6-5-9(19(22)23)7-11(10)15(8-14(16)21)27(24,25)26;;;/h2*1-8,20-21H,(H,24,25,26);;;/q;;;2*+1/p+1. The molecule has 6 rings (SSSR count). The van der Waals surface area contributed by atoms with Gasteiger partial charge in [0.25, 0.3) is 31.6 Å². The molecule has 0 radical (unpaired) electrons. The first kappa shape index (κ1) is 48.5. The normalized spacial score (nSPS) is 11.3. The maximum absolute atomic E-state index is 11.6. The molecule has 0 heterocycles. The summed E-state index contributed by atoms with van der Waals surface area (Å²) in [7, 11) is -9.56. The van der Waals surface area contributed by atoms with Crippen molar-refractivity contribution in [3.05, 3.63) is 117 Å². The van der Waals surface area contributed by atoms with E-state index in [1.807, 2.05) is 0 Å². The van der Waals surface area contributed by atoms with Crippen molar-refractivity contribution in [3.8, 4) is 23.0 Å². The molecule has 6 aromatic rings. The van der Waals surface area contributed by atoms with Gasteiger partial charge >= 0.3 is 60.5 Å². The molecule has 6 N–H and O–H groups in total. The fourth-order valence-electron chi connectivity index (χ4n) is 4.87. The van der Waals surface area contributed by atoms with Crippen LogP contribution >= 0.6 is 0 Å². The van der Waals surface area contributed by atoms with Crippen LogP contribution in [-0.2, 0) is 37.6 Å². The molecular formula is C32H23CrN6Na2O14S2+3. The van der Waals surface area contributed by atoms with Gasteiger partial charge in [0.05, 0.1) is 9.85 Å². The van der Waals surface area contributed by atoms with E-state index in [1.165, 1.54) is 36.4 Å². The first-order chi connectivity index (χ1) is 25.4. The number of aromatic hydroxyl groups is 4. The summed E-state index contributed by atoms with van der Waals surface area (Å²) in [6.07, 6.45) is 0. The molecule has 20 nitrogen and oxygen atoms in total. The summed E-state index contributed by atoms with van der Waals surface area (Å²) in [4.78, 5) is 19.1. The number of para-hydroxylation sites is 2. The number of fused-ring (bicyclic) bond motifs is 2. The number of nitro benzene ring substituents is 2. The number of hydrogen-bond donors (Lipinski definition) is 6. The predicted octanol–water partition coefficient (Wildman–Crippen LogP) is 1.76. The van der Waals surface area contributed by atoms with Gasteiger partial charge in [-0.05, 0) is 36.4 Å². The molecule has 57 heavy (non-hydrogen) atoms. The molecule has 0 fully saturated rings. The Morgan fingerprint density at radius 1 is 0.491 bits per heavy atom. The van der Waals surface area contributed by atoms with E-state index in [-0.39, 0.29) is 134 Å². The monoisotopic (exact) mass is 877 g/mol. The Labute approximate surface area is 377 Å². The number of nitro groups is 2. The number of hydrogen-bond acceptors (Lipinski definition) is 16. The summed E-state index contributed by atoms with van der Waals surface area (Å²) >= 11 is 0. The second kappa shape index (κ2) is 19.7. The SMILES string of the molecule is O=[N+]([O-])c1ccc2c(N=Nc3ccccc3O)c(O)cc(S(=O)(=O)O)c2c1.O=[N+]([O-])c1ccc2c(N=Nc3ccccc3O)c(O)cc(S(=O)(=O)O)c2c1.[Cr].[H+].[Na+].[Na+]. The van der Waals surface area contributed by atoms with E-state index in [9.17, 15) is 66.6 Å². The van der Waals surface area contributed by atoms with Gasteiger partial charge in [0, 0.05) is 75.3 Å². The number of rotatable bonds is 8. The van der Waals surface area contributed by atoms with Crippen LogP contribution in [0.25, 0.3) is 21.5 Å². The van der Waals surface area contributed by atoms with Gasteiger partial charge in [-0.2, -0.15) is 16.8 Å². The summed E-state index contributed by atoms with van der Waals surface area (Å²) in [5.74, 6) is -1.59. The zero-order chi connectivity index (χ0) is 39.5. The van der Waals surface area contributed by atoms with Crippen LogP contribution in [-0.4, -0.2) is 56.2 Å². The van der Waals surface area contributed by atoms with Crippen molar-refractivity contribution < 1.29 is 134 Å². The summed E-state index contributed by atoms with van der Waals surface area (Å²) in [6, 6.07) is 19.9. The van der Waals surface area contributed by atoms with E-state index in [1.54, 1.807) is 24.3 Å². The molecule has 0 atom stereocenters. The second-order valence-corrected chi connectivity index (χ2v) is 13.6. The maximum Gasteiger partial charge on any atom is 1.00 e. The van der Waals surface area contributed by atoms with Gasteiger partial charge in [-0.25, -0.2) is 0 Å². The first-order valence-electron chi connectivity index (χ1n) is 14.6. The molecule has 282 valence electrons. The molecule has 25 heteroatoms. The minimum Gasteiger partial charge on any atom is -0.506 e. The molecule has 0 spiro atoms. The third-order valence-corrected chi connectivity index (χ3v) is 9.11. The van der Waals surface area contributed by atoms with Crippen molar-refractivity contribution in [2.45, 2.75) is 9.79 Å². The van der Waals surface area contributed by atoms with Crippen LogP contribution < -0.4 is 59.1 Å². The Hall–Kier alpha value is -4.61. The van der Waals surface area contributed by atoms with Crippen molar-refractivity contribution >= 4 is 75.9 Å². The van der Waals surface area contributed by atoms with Gasteiger partial charge in [0.2, 0.25) is 0 Å². The first-order valence-corrected chi connectivity index (χ1v) is 17.5. The third-order valence-electron chi connectivity index (χ3n) is 7.32. The number of benzene rings is 6. The molecule has 0 bridgehead atoms. The fraction of sp³-hybridized carbons (Fsp3) is 0. The third kappa shape index (κ3) is 11.3. The van der Waals surface area contributed by atoms with E-state index < -0.39 is 62.7 Å². The summed E-state index contributed by atoms with van der Waals surface area (Å²) in [5.41, 5.74) is -1.02. The minimum atomic E-state index is -4.78. The fourth-order valence-corrected chi connectivity index (χ4v) is 6.29. The van der Waals surface area contributed by atoms with Gasteiger partial charge in [0.15, 0.2) is 0 Å². The van der Waals surface area contributed by atoms with E-state index in [4.69, 9.17) is 0 Å². The number of phenolic OH excluding ortho intramolecular Hbond substituents is 4. The molecule has 0 saturated carbocycles. The average Bonchev–Trinajstić information content (AvgIpc) is 3.10. The molecule has 0 aromatic heterocycles. The second-order valence-electron chi connectivity index (χ2n) is 10.8. The smallest absolute Gasteiger partial charge is 0.506 e. The van der Waals surface area contributed by atoms with Crippen LogP contribution in [0.1, 0.15) is 1.43 Å². The van der Waals surface area contributed by atoms with Crippen LogP contribution in [0.4, 0.5) is 34.1 Å². The Kier molecular flexibility index (Phi) is 16.8. The Balaban J connectivity index is 0.000000543. The van der Waals surface area contributed by atoms with Crippen LogP contribution in [0.3, 0.4) is 0 Å². The molecule has 6 aromatic carbocycles. The van der Waals surface area contributed by atoms with E-state index in [0.29, 0.717) is 0 Å². The van der Waals surface area contributed by atoms with Crippen LogP contribution in [0.2, 0.25) is 0 Å². The number of non-ortho nitro benzene ring substituents is 2. The van der Waals surface area contributed by atoms with E-state index in [2.05, 4.69) is 20.5 Å². The zero-order valence-electron chi connectivity index (χ0n) is 30.1.